The molecule has 0 aliphatic carbocycles. The van der Waals surface area contributed by atoms with E-state index in [1.54, 1.807) is 30.7 Å². The topological polar surface area (TPSA) is 102 Å². The first-order valence-electron chi connectivity index (χ1n) is 13.0. The molecule has 0 saturated heterocycles. The number of rotatable bonds is 10. The molecule has 0 spiro atoms. The van der Waals surface area contributed by atoms with Crippen molar-refractivity contribution in [1.82, 2.24) is 30.0 Å². The predicted octanol–water partition coefficient (Wildman–Crippen LogP) is 5.29. The van der Waals surface area contributed by atoms with Gasteiger partial charge in [0.1, 0.15) is 17.3 Å². The summed E-state index contributed by atoms with van der Waals surface area (Å²) in [6.45, 7) is 0.462. The van der Waals surface area contributed by atoms with Crippen LogP contribution in [0.4, 0.5) is 0 Å². The maximum Gasteiger partial charge on any atom is 0.270 e. The molecule has 2 N–H and O–H groups in total. The second-order valence-electron chi connectivity index (χ2n) is 9.43. The Morgan fingerprint density at radius 3 is 2.59 bits per heavy atom. The summed E-state index contributed by atoms with van der Waals surface area (Å²) in [4.78, 5) is 20.9. The molecule has 6 aromatic rings. The minimum absolute atomic E-state index is 0.265. The molecule has 39 heavy (non-hydrogen) atoms. The number of benzene rings is 2. The van der Waals surface area contributed by atoms with Gasteiger partial charge in [-0.25, -0.2) is 0 Å². The molecule has 0 aliphatic heterocycles. The van der Waals surface area contributed by atoms with Gasteiger partial charge in [-0.15, -0.1) is 10.2 Å². The third-order valence-electron chi connectivity index (χ3n) is 6.84. The number of hydrogen-bond donors (Lipinski definition) is 2. The van der Waals surface area contributed by atoms with Crippen LogP contribution in [0.15, 0.2) is 108 Å². The molecule has 194 valence electrons. The second-order valence-corrected chi connectivity index (χ2v) is 9.43. The minimum Gasteiger partial charge on any atom is -0.467 e. The first-order valence-corrected chi connectivity index (χ1v) is 13.0. The van der Waals surface area contributed by atoms with Crippen LogP contribution in [0.25, 0.3) is 10.9 Å². The van der Waals surface area contributed by atoms with E-state index in [-0.39, 0.29) is 5.91 Å². The first kappa shape index (κ1) is 24.4. The number of pyridine rings is 1. The van der Waals surface area contributed by atoms with Gasteiger partial charge in [0.15, 0.2) is 5.82 Å². The molecule has 8 nitrogen and oxygen atoms in total. The van der Waals surface area contributed by atoms with E-state index in [1.807, 2.05) is 54.7 Å². The molecular weight excluding hydrogens is 488 g/mol. The highest BCUT2D eigenvalue weighted by atomic mass is 16.3. The third-order valence-corrected chi connectivity index (χ3v) is 6.84. The summed E-state index contributed by atoms with van der Waals surface area (Å²) >= 11 is 0. The number of nitrogens with zero attached hydrogens (tertiary/aromatic N) is 4. The summed E-state index contributed by atoms with van der Waals surface area (Å²) in [6.07, 6.45) is 7.32. The number of aromatic amines is 1. The number of nitrogens with one attached hydrogen (secondary N) is 2. The Bertz CT molecular complexity index is 1660. The van der Waals surface area contributed by atoms with Crippen molar-refractivity contribution in [3.05, 3.63) is 138 Å². The summed E-state index contributed by atoms with van der Waals surface area (Å²) in [5.74, 6) is 2.03. The van der Waals surface area contributed by atoms with E-state index in [1.165, 1.54) is 5.56 Å². The molecule has 4 heterocycles. The largest absolute Gasteiger partial charge is 0.467 e. The van der Waals surface area contributed by atoms with Crippen molar-refractivity contribution < 1.29 is 9.21 Å². The van der Waals surface area contributed by atoms with Gasteiger partial charge >= 0.3 is 0 Å². The van der Waals surface area contributed by atoms with Crippen LogP contribution in [0.3, 0.4) is 0 Å². The van der Waals surface area contributed by atoms with Crippen molar-refractivity contribution in [1.29, 1.82) is 0 Å². The molecule has 8 heteroatoms. The van der Waals surface area contributed by atoms with Gasteiger partial charge in [-0.1, -0.05) is 54.6 Å². The summed E-state index contributed by atoms with van der Waals surface area (Å²) in [6, 6.07) is 27.1. The number of aromatic nitrogens is 5. The van der Waals surface area contributed by atoms with E-state index >= 15 is 0 Å². The average molecular weight is 517 g/mol. The molecule has 6 rings (SSSR count). The Morgan fingerprint density at radius 2 is 1.77 bits per heavy atom. The molecule has 0 radical (unpaired) electrons. The third kappa shape index (κ3) is 5.50. The molecule has 1 unspecified atom stereocenters. The molecule has 0 bridgehead atoms. The van der Waals surface area contributed by atoms with Gasteiger partial charge in [0.25, 0.3) is 5.91 Å². The Labute approximate surface area is 225 Å². The molecule has 0 fully saturated rings. The van der Waals surface area contributed by atoms with Gasteiger partial charge < -0.3 is 19.3 Å². The van der Waals surface area contributed by atoms with Crippen LogP contribution in [0.5, 0.6) is 0 Å². The number of carbonyl (C=O) groups is 1. The van der Waals surface area contributed by atoms with Crippen LogP contribution in [0, 0.1) is 0 Å². The summed E-state index contributed by atoms with van der Waals surface area (Å²) in [5, 5.41) is 13.5. The fourth-order valence-electron chi connectivity index (χ4n) is 4.88. The number of furan rings is 1. The number of carbonyl (C=O) groups excluding carboxylic acids is 1. The quantitative estimate of drug-likeness (QED) is 0.257. The zero-order valence-electron chi connectivity index (χ0n) is 21.3. The fourth-order valence-corrected chi connectivity index (χ4v) is 4.88. The monoisotopic (exact) mass is 516 g/mol. The lowest BCUT2D eigenvalue weighted by molar-refractivity contribution is 0.0929. The van der Waals surface area contributed by atoms with Gasteiger partial charge in [-0.2, -0.15) is 0 Å². The Kier molecular flexibility index (Phi) is 6.99. The average Bonchev–Trinajstić information content (AvgIpc) is 3.74. The van der Waals surface area contributed by atoms with Crippen LogP contribution in [-0.2, 0) is 25.8 Å². The van der Waals surface area contributed by atoms with Crippen LogP contribution in [0.2, 0.25) is 0 Å². The van der Waals surface area contributed by atoms with Crippen molar-refractivity contribution in [3.63, 3.8) is 0 Å². The highest BCUT2D eigenvalue weighted by Gasteiger charge is 2.26. The van der Waals surface area contributed by atoms with E-state index in [2.05, 4.69) is 48.2 Å². The van der Waals surface area contributed by atoms with Crippen LogP contribution in [-0.4, -0.2) is 30.6 Å². The maximum absolute atomic E-state index is 13.3. The molecule has 0 aliphatic rings. The summed E-state index contributed by atoms with van der Waals surface area (Å²) < 4.78 is 7.76. The predicted molar refractivity (Wildman–Crippen MR) is 148 cm³/mol. The van der Waals surface area contributed by atoms with Crippen LogP contribution >= 0.6 is 0 Å². The Hall–Kier alpha value is -4.98. The van der Waals surface area contributed by atoms with Crippen molar-refractivity contribution in [2.75, 3.05) is 0 Å². The highest BCUT2D eigenvalue weighted by molar-refractivity contribution is 5.92. The second kappa shape index (κ2) is 11.2. The number of para-hydroxylation sites is 1. The van der Waals surface area contributed by atoms with Crippen molar-refractivity contribution in [2.45, 2.75) is 31.8 Å². The van der Waals surface area contributed by atoms with Gasteiger partial charge in [0.05, 0.1) is 18.8 Å². The van der Waals surface area contributed by atoms with E-state index in [4.69, 9.17) is 4.42 Å². The number of H-pyrrole nitrogens is 1. The summed E-state index contributed by atoms with van der Waals surface area (Å²) in [7, 11) is 0. The zero-order valence-corrected chi connectivity index (χ0v) is 21.3. The van der Waals surface area contributed by atoms with E-state index in [0.29, 0.717) is 30.9 Å². The SMILES string of the molecule is O=C(NC(Cc1c[nH]c2ccccc12)c1nnc(CCc2ccccc2)n1Cc1ccco1)c1ccccn1. The highest BCUT2D eigenvalue weighted by Crippen LogP contribution is 2.26. The standard InChI is InChI=1S/C31H28N6O2/c38-31(27-14-6-7-17-32-27)34-28(19-23-20-33-26-13-5-4-12-25(23)26)30-36-35-29(16-15-22-9-2-1-3-10-22)37(30)21-24-11-8-18-39-24/h1-14,17-18,20,28,33H,15-16,19,21H2,(H,34,38). The van der Waals surface area contributed by atoms with Gasteiger partial charge in [-0.05, 0) is 47.9 Å². The first-order chi connectivity index (χ1) is 19.2. The lowest BCUT2D eigenvalue weighted by Gasteiger charge is -2.20. The van der Waals surface area contributed by atoms with E-state index in [9.17, 15) is 4.79 Å². The fraction of sp³-hybridized carbons (Fsp3) is 0.161. The number of aryl methyl sites for hydroxylation is 2. The molecular formula is C31H28N6O2. The van der Waals surface area contributed by atoms with Crippen molar-refractivity contribution in [3.8, 4) is 0 Å². The maximum atomic E-state index is 13.3. The normalized spacial score (nSPS) is 12.0. The van der Waals surface area contributed by atoms with Crippen molar-refractivity contribution >= 4 is 16.8 Å². The van der Waals surface area contributed by atoms with Gasteiger partial charge in [-0.3, -0.25) is 9.78 Å². The minimum atomic E-state index is -0.452. The van der Waals surface area contributed by atoms with Crippen molar-refractivity contribution in [2.24, 2.45) is 0 Å². The van der Waals surface area contributed by atoms with Crippen LogP contribution in [0.1, 0.15) is 45.1 Å². The molecule has 2 aromatic carbocycles. The van der Waals surface area contributed by atoms with Crippen LogP contribution < -0.4 is 5.32 Å². The number of amides is 1. The Morgan fingerprint density at radius 1 is 0.923 bits per heavy atom. The lowest BCUT2D eigenvalue weighted by Crippen LogP contribution is -2.33. The molecule has 4 aromatic heterocycles. The molecule has 0 saturated carbocycles. The number of hydrogen-bond acceptors (Lipinski definition) is 5. The molecule has 1 atom stereocenters. The van der Waals surface area contributed by atoms with E-state index in [0.717, 1.165) is 34.5 Å². The smallest absolute Gasteiger partial charge is 0.270 e. The zero-order chi connectivity index (χ0) is 26.4. The van der Waals surface area contributed by atoms with E-state index < -0.39 is 6.04 Å². The number of fused-ring (bicyclic) bond motifs is 1. The Balaban J connectivity index is 1.37. The van der Waals surface area contributed by atoms with Gasteiger partial charge in [0.2, 0.25) is 0 Å². The lowest BCUT2D eigenvalue weighted by atomic mass is 10.0. The summed E-state index contributed by atoms with van der Waals surface area (Å²) in [5.41, 5.74) is 3.70. The molecule has 1 amide bonds. The van der Waals surface area contributed by atoms with Gasteiger partial charge in [0, 0.05) is 36.1 Å².